The van der Waals surface area contributed by atoms with Gasteiger partial charge in [0.05, 0.1) is 5.25 Å². The number of rotatable bonds is 1. The SMILES string of the molecule is CSC1CC(F)(F)C1(F)F. The van der Waals surface area contributed by atoms with Gasteiger partial charge in [-0.1, -0.05) is 0 Å². The summed E-state index contributed by atoms with van der Waals surface area (Å²) in [6.45, 7) is 0. The standard InChI is InChI=1S/C5H6F4S/c1-10-3-2-4(6,7)5(3,8)9/h3H,2H2,1H3. The van der Waals surface area contributed by atoms with Crippen LogP contribution in [-0.2, 0) is 0 Å². The molecule has 0 aromatic carbocycles. The highest BCUT2D eigenvalue weighted by molar-refractivity contribution is 7.99. The molecule has 0 aromatic rings. The van der Waals surface area contributed by atoms with Crippen molar-refractivity contribution >= 4 is 11.8 Å². The van der Waals surface area contributed by atoms with Crippen LogP contribution < -0.4 is 0 Å². The van der Waals surface area contributed by atoms with E-state index in [1.165, 1.54) is 6.26 Å². The van der Waals surface area contributed by atoms with Crippen molar-refractivity contribution in [2.45, 2.75) is 23.5 Å². The summed E-state index contributed by atoms with van der Waals surface area (Å²) >= 11 is 0.791. The Morgan fingerprint density at radius 1 is 1.30 bits per heavy atom. The minimum Gasteiger partial charge on any atom is -0.200 e. The summed E-state index contributed by atoms with van der Waals surface area (Å²) in [7, 11) is 0. The van der Waals surface area contributed by atoms with Crippen molar-refractivity contribution in [3.05, 3.63) is 0 Å². The Morgan fingerprint density at radius 3 is 1.90 bits per heavy atom. The number of hydrogen-bond acceptors (Lipinski definition) is 1. The van der Waals surface area contributed by atoms with Gasteiger partial charge < -0.3 is 0 Å². The Hall–Kier alpha value is 0.0700. The maximum absolute atomic E-state index is 12.2. The summed E-state index contributed by atoms with van der Waals surface area (Å²) in [6.07, 6.45) is 0.717. The van der Waals surface area contributed by atoms with Crippen LogP contribution in [0.25, 0.3) is 0 Å². The van der Waals surface area contributed by atoms with Gasteiger partial charge >= 0.3 is 11.8 Å². The second-order valence-electron chi connectivity index (χ2n) is 2.26. The molecule has 1 atom stereocenters. The van der Waals surface area contributed by atoms with Gasteiger partial charge in [0.2, 0.25) is 0 Å². The fraction of sp³-hybridized carbons (Fsp3) is 1.00. The van der Waals surface area contributed by atoms with Gasteiger partial charge in [-0.15, -0.1) is 0 Å². The Bertz CT molecular complexity index is 145. The van der Waals surface area contributed by atoms with Gasteiger partial charge in [-0.3, -0.25) is 0 Å². The predicted molar refractivity (Wildman–Crippen MR) is 31.8 cm³/mol. The first kappa shape index (κ1) is 8.17. The quantitative estimate of drug-likeness (QED) is 0.550. The van der Waals surface area contributed by atoms with Crippen molar-refractivity contribution in [2.75, 3.05) is 6.26 Å². The van der Waals surface area contributed by atoms with Gasteiger partial charge in [0.1, 0.15) is 0 Å². The molecule has 10 heavy (non-hydrogen) atoms. The van der Waals surface area contributed by atoms with E-state index in [1.807, 2.05) is 0 Å². The van der Waals surface area contributed by atoms with Crippen LogP contribution in [0.2, 0.25) is 0 Å². The van der Waals surface area contributed by atoms with E-state index in [-0.39, 0.29) is 0 Å². The minimum atomic E-state index is -3.79. The summed E-state index contributed by atoms with van der Waals surface area (Å²) in [5.41, 5.74) is 0. The molecule has 1 aliphatic carbocycles. The summed E-state index contributed by atoms with van der Waals surface area (Å²) in [5.74, 6) is -7.55. The van der Waals surface area contributed by atoms with Crippen LogP contribution in [0.4, 0.5) is 17.6 Å². The summed E-state index contributed by atoms with van der Waals surface area (Å²) < 4.78 is 48.4. The van der Waals surface area contributed by atoms with Gasteiger partial charge in [-0.2, -0.15) is 29.3 Å². The number of hydrogen-bond donors (Lipinski definition) is 0. The zero-order valence-electron chi connectivity index (χ0n) is 5.20. The molecule has 0 bridgehead atoms. The number of halogens is 4. The summed E-state index contributed by atoms with van der Waals surface area (Å²) in [5, 5.41) is -1.19. The molecule has 0 saturated heterocycles. The fourth-order valence-corrected chi connectivity index (χ4v) is 1.68. The molecule has 0 radical (unpaired) electrons. The molecule has 1 rings (SSSR count). The maximum Gasteiger partial charge on any atom is 0.322 e. The highest BCUT2D eigenvalue weighted by Crippen LogP contribution is 2.55. The molecular formula is C5H6F4S. The molecule has 1 aliphatic rings. The normalized spacial score (nSPS) is 35.1. The smallest absolute Gasteiger partial charge is 0.200 e. The van der Waals surface area contributed by atoms with Crippen molar-refractivity contribution in [1.29, 1.82) is 0 Å². The van der Waals surface area contributed by atoms with Crippen molar-refractivity contribution < 1.29 is 17.6 Å². The lowest BCUT2D eigenvalue weighted by atomic mass is 9.89. The van der Waals surface area contributed by atoms with E-state index in [2.05, 4.69) is 0 Å². The van der Waals surface area contributed by atoms with Gasteiger partial charge in [0, 0.05) is 6.42 Å². The molecule has 0 spiro atoms. The van der Waals surface area contributed by atoms with Gasteiger partial charge in [-0.25, -0.2) is 0 Å². The van der Waals surface area contributed by atoms with Crippen molar-refractivity contribution in [3.63, 3.8) is 0 Å². The molecule has 0 nitrogen and oxygen atoms in total. The van der Waals surface area contributed by atoms with E-state index in [1.54, 1.807) is 0 Å². The highest BCUT2D eigenvalue weighted by Gasteiger charge is 2.71. The molecule has 60 valence electrons. The third-order valence-corrected chi connectivity index (χ3v) is 2.65. The molecule has 1 saturated carbocycles. The molecular weight excluding hydrogens is 168 g/mol. The Kier molecular flexibility index (Phi) is 1.66. The minimum absolute atomic E-state index is 0.693. The molecule has 0 aliphatic heterocycles. The summed E-state index contributed by atoms with van der Waals surface area (Å²) in [4.78, 5) is 0. The monoisotopic (exact) mass is 174 g/mol. The van der Waals surface area contributed by atoms with E-state index in [0.29, 0.717) is 0 Å². The van der Waals surface area contributed by atoms with E-state index < -0.39 is 23.5 Å². The third-order valence-electron chi connectivity index (χ3n) is 1.62. The zero-order chi connectivity index (χ0) is 7.99. The van der Waals surface area contributed by atoms with Crippen LogP contribution in [0.5, 0.6) is 0 Å². The van der Waals surface area contributed by atoms with E-state index >= 15 is 0 Å². The van der Waals surface area contributed by atoms with Crippen LogP contribution in [0.15, 0.2) is 0 Å². The average Bonchev–Trinajstić information content (AvgIpc) is 1.83. The van der Waals surface area contributed by atoms with Gasteiger partial charge in [-0.05, 0) is 6.26 Å². The van der Waals surface area contributed by atoms with Crippen LogP contribution in [-0.4, -0.2) is 23.4 Å². The lowest BCUT2D eigenvalue weighted by Crippen LogP contribution is -2.60. The molecule has 0 aromatic heterocycles. The molecule has 5 heteroatoms. The summed E-state index contributed by atoms with van der Waals surface area (Å²) in [6, 6.07) is 0. The largest absolute Gasteiger partial charge is 0.322 e. The Morgan fingerprint density at radius 2 is 1.80 bits per heavy atom. The highest BCUT2D eigenvalue weighted by atomic mass is 32.2. The van der Waals surface area contributed by atoms with Crippen LogP contribution >= 0.6 is 11.8 Å². The first-order valence-electron chi connectivity index (χ1n) is 2.70. The molecule has 1 unspecified atom stereocenters. The van der Waals surface area contributed by atoms with E-state index in [4.69, 9.17) is 0 Å². The third kappa shape index (κ3) is 0.828. The van der Waals surface area contributed by atoms with Crippen molar-refractivity contribution in [3.8, 4) is 0 Å². The van der Waals surface area contributed by atoms with Gasteiger partial charge in [0.15, 0.2) is 0 Å². The first-order chi connectivity index (χ1) is 4.42. The first-order valence-corrected chi connectivity index (χ1v) is 3.99. The zero-order valence-corrected chi connectivity index (χ0v) is 6.02. The average molecular weight is 174 g/mol. The van der Waals surface area contributed by atoms with Crippen LogP contribution in [0.1, 0.15) is 6.42 Å². The lowest BCUT2D eigenvalue weighted by molar-refractivity contribution is -0.269. The molecule has 0 N–H and O–H groups in total. The van der Waals surface area contributed by atoms with Gasteiger partial charge in [0.25, 0.3) is 0 Å². The van der Waals surface area contributed by atoms with Crippen molar-refractivity contribution in [1.82, 2.24) is 0 Å². The number of thioether (sulfide) groups is 1. The lowest BCUT2D eigenvalue weighted by Gasteiger charge is -2.42. The van der Waals surface area contributed by atoms with Crippen LogP contribution in [0, 0.1) is 0 Å². The van der Waals surface area contributed by atoms with E-state index in [0.717, 1.165) is 11.8 Å². The molecule has 0 amide bonds. The second kappa shape index (κ2) is 2.03. The Balaban J connectivity index is 2.65. The van der Waals surface area contributed by atoms with E-state index in [9.17, 15) is 17.6 Å². The van der Waals surface area contributed by atoms with Crippen molar-refractivity contribution in [2.24, 2.45) is 0 Å². The topological polar surface area (TPSA) is 0 Å². The van der Waals surface area contributed by atoms with Crippen LogP contribution in [0.3, 0.4) is 0 Å². The maximum atomic E-state index is 12.2. The predicted octanol–water partition coefficient (Wildman–Crippen LogP) is 2.39. The fourth-order valence-electron chi connectivity index (χ4n) is 0.833. The Labute approximate surface area is 60.0 Å². The molecule has 1 fully saturated rings. The second-order valence-corrected chi connectivity index (χ2v) is 3.30. The number of alkyl halides is 4. The molecule has 0 heterocycles.